The van der Waals surface area contributed by atoms with Crippen LogP contribution in [0.1, 0.15) is 33.6 Å². The van der Waals surface area contributed by atoms with Crippen molar-refractivity contribution in [3.8, 4) is 6.07 Å². The molecule has 0 saturated heterocycles. The molecule has 0 aromatic carbocycles. The molecule has 0 aliphatic carbocycles. The zero-order valence-electron chi connectivity index (χ0n) is 7.29. The highest BCUT2D eigenvalue weighted by molar-refractivity contribution is 5.79. The Morgan fingerprint density at radius 3 is 2.71 bits per heavy atom. The minimum atomic E-state index is -2.79. The second kappa shape index (κ2) is 3.92. The number of nitrogens with zero attached hydrogens (tertiary/aromatic N) is 2. The van der Waals surface area contributed by atoms with E-state index in [2.05, 4.69) is 4.98 Å². The Bertz CT molecular complexity index is 410. The fourth-order valence-corrected chi connectivity index (χ4v) is 1.12. The molecule has 3 nitrogen and oxygen atoms in total. The van der Waals surface area contributed by atoms with Gasteiger partial charge in [-0.1, -0.05) is 0 Å². The average Bonchev–Trinajstić information content (AvgIpc) is 2.16. The lowest BCUT2D eigenvalue weighted by atomic mass is 10.0. The summed E-state index contributed by atoms with van der Waals surface area (Å²) in [5.41, 5.74) is -0.782. The van der Waals surface area contributed by atoms with Crippen molar-refractivity contribution in [2.24, 2.45) is 0 Å². The lowest BCUT2D eigenvalue weighted by molar-refractivity contribution is 0.112. The van der Waals surface area contributed by atoms with Crippen LogP contribution in [0.3, 0.4) is 0 Å². The van der Waals surface area contributed by atoms with Crippen molar-refractivity contribution in [3.63, 3.8) is 0 Å². The molecule has 0 aliphatic rings. The van der Waals surface area contributed by atoms with Gasteiger partial charge in [0, 0.05) is 11.9 Å². The molecule has 14 heavy (non-hydrogen) atoms. The molecule has 0 spiro atoms. The topological polar surface area (TPSA) is 53.8 Å². The maximum atomic E-state index is 12.5. The summed E-state index contributed by atoms with van der Waals surface area (Å²) in [5.74, 6) is 0. The largest absolute Gasteiger partial charge is 0.298 e. The number of alkyl halides is 2. The van der Waals surface area contributed by atoms with Gasteiger partial charge >= 0.3 is 0 Å². The third kappa shape index (κ3) is 1.59. The third-order valence-electron chi connectivity index (χ3n) is 1.80. The SMILES string of the molecule is Cc1ncc(C=O)c(C#N)c1C(F)F. The molecule has 0 bridgehead atoms. The van der Waals surface area contributed by atoms with E-state index in [1.165, 1.54) is 6.92 Å². The van der Waals surface area contributed by atoms with Crippen molar-refractivity contribution in [1.82, 2.24) is 4.98 Å². The second-order valence-corrected chi connectivity index (χ2v) is 2.62. The number of hydrogen-bond donors (Lipinski definition) is 0. The maximum Gasteiger partial charge on any atom is 0.266 e. The van der Waals surface area contributed by atoms with E-state index in [4.69, 9.17) is 5.26 Å². The van der Waals surface area contributed by atoms with Gasteiger partial charge in [-0.25, -0.2) is 8.78 Å². The van der Waals surface area contributed by atoms with E-state index >= 15 is 0 Å². The van der Waals surface area contributed by atoms with Gasteiger partial charge < -0.3 is 0 Å². The summed E-state index contributed by atoms with van der Waals surface area (Å²) < 4.78 is 25.0. The Kier molecular flexibility index (Phi) is 2.87. The molecule has 0 saturated carbocycles. The normalized spacial score (nSPS) is 9.93. The number of nitriles is 1. The summed E-state index contributed by atoms with van der Waals surface area (Å²) in [5, 5.41) is 8.63. The molecular weight excluding hydrogens is 190 g/mol. The number of carbonyl (C=O) groups excluding carboxylic acids is 1. The number of pyridine rings is 1. The third-order valence-corrected chi connectivity index (χ3v) is 1.80. The first kappa shape index (κ1) is 10.3. The highest BCUT2D eigenvalue weighted by atomic mass is 19.3. The number of halogens is 2. The van der Waals surface area contributed by atoms with E-state index in [9.17, 15) is 13.6 Å². The molecule has 72 valence electrons. The number of aromatic nitrogens is 1. The minimum absolute atomic E-state index is 0.0714. The van der Waals surface area contributed by atoms with Gasteiger partial charge in [-0.05, 0) is 6.92 Å². The standard InChI is InChI=1S/C9H6F2N2O/c1-5-8(9(10)11)7(2-12)6(4-14)3-13-5/h3-4,9H,1H3. The molecule has 0 radical (unpaired) electrons. The van der Waals surface area contributed by atoms with Crippen LogP contribution in [0.5, 0.6) is 0 Å². The Hall–Kier alpha value is -1.83. The van der Waals surface area contributed by atoms with Crippen molar-refractivity contribution < 1.29 is 13.6 Å². The van der Waals surface area contributed by atoms with Crippen LogP contribution in [0, 0.1) is 18.3 Å². The lowest BCUT2D eigenvalue weighted by Gasteiger charge is -2.06. The molecule has 0 unspecified atom stereocenters. The number of aldehydes is 1. The Balaban J connectivity index is 3.52. The first-order valence-electron chi connectivity index (χ1n) is 3.74. The van der Waals surface area contributed by atoms with Crippen molar-refractivity contribution >= 4 is 6.29 Å². The van der Waals surface area contributed by atoms with Gasteiger partial charge in [-0.2, -0.15) is 5.26 Å². The van der Waals surface area contributed by atoms with Crippen LogP contribution in [0.4, 0.5) is 8.78 Å². The van der Waals surface area contributed by atoms with Crippen LogP contribution in [0.15, 0.2) is 6.20 Å². The minimum Gasteiger partial charge on any atom is -0.298 e. The maximum absolute atomic E-state index is 12.5. The Morgan fingerprint density at radius 2 is 2.29 bits per heavy atom. The van der Waals surface area contributed by atoms with Gasteiger partial charge in [0.1, 0.15) is 6.07 Å². The molecule has 0 amide bonds. The van der Waals surface area contributed by atoms with E-state index in [1.807, 2.05) is 0 Å². The Morgan fingerprint density at radius 1 is 1.64 bits per heavy atom. The first-order valence-corrected chi connectivity index (χ1v) is 3.74. The van der Waals surface area contributed by atoms with Crippen molar-refractivity contribution in [3.05, 3.63) is 28.6 Å². The summed E-state index contributed by atoms with van der Waals surface area (Å²) in [7, 11) is 0. The van der Waals surface area contributed by atoms with Crippen LogP contribution in [-0.4, -0.2) is 11.3 Å². The van der Waals surface area contributed by atoms with Gasteiger partial charge in [-0.15, -0.1) is 0 Å². The van der Waals surface area contributed by atoms with Gasteiger partial charge in [0.05, 0.1) is 16.7 Å². The van der Waals surface area contributed by atoms with Crippen LogP contribution in [0.2, 0.25) is 0 Å². The number of hydrogen-bond acceptors (Lipinski definition) is 3. The van der Waals surface area contributed by atoms with E-state index < -0.39 is 12.0 Å². The van der Waals surface area contributed by atoms with Crippen molar-refractivity contribution in [2.45, 2.75) is 13.3 Å². The lowest BCUT2D eigenvalue weighted by Crippen LogP contribution is -2.02. The van der Waals surface area contributed by atoms with Crippen molar-refractivity contribution in [2.75, 3.05) is 0 Å². The van der Waals surface area contributed by atoms with E-state index in [0.29, 0.717) is 6.29 Å². The smallest absolute Gasteiger partial charge is 0.266 e. The van der Waals surface area contributed by atoms with Gasteiger partial charge in [0.25, 0.3) is 6.43 Å². The fourth-order valence-electron chi connectivity index (χ4n) is 1.12. The van der Waals surface area contributed by atoms with Gasteiger partial charge in [0.2, 0.25) is 0 Å². The zero-order valence-corrected chi connectivity index (χ0v) is 7.29. The summed E-state index contributed by atoms with van der Waals surface area (Å²) in [4.78, 5) is 14.1. The first-order chi connectivity index (χ1) is 6.61. The van der Waals surface area contributed by atoms with Crippen LogP contribution in [-0.2, 0) is 0 Å². The number of aryl methyl sites for hydroxylation is 1. The molecule has 1 rings (SSSR count). The fraction of sp³-hybridized carbons (Fsp3) is 0.222. The molecular formula is C9H6F2N2O. The van der Waals surface area contributed by atoms with E-state index in [0.717, 1.165) is 6.20 Å². The summed E-state index contributed by atoms with van der Waals surface area (Å²) >= 11 is 0. The molecule has 1 aromatic rings. The van der Waals surface area contributed by atoms with Crippen LogP contribution < -0.4 is 0 Å². The summed E-state index contributed by atoms with van der Waals surface area (Å²) in [6.45, 7) is 1.37. The molecule has 0 aliphatic heterocycles. The monoisotopic (exact) mass is 196 g/mol. The predicted octanol–water partition coefficient (Wildman–Crippen LogP) is 2.01. The summed E-state index contributed by atoms with van der Waals surface area (Å²) in [6, 6.07) is 1.59. The van der Waals surface area contributed by atoms with Gasteiger partial charge in [0.15, 0.2) is 6.29 Å². The quantitative estimate of drug-likeness (QED) is 0.680. The molecule has 0 atom stereocenters. The molecule has 1 heterocycles. The van der Waals surface area contributed by atoms with Crippen LogP contribution in [0.25, 0.3) is 0 Å². The van der Waals surface area contributed by atoms with Crippen molar-refractivity contribution in [1.29, 1.82) is 5.26 Å². The molecule has 0 fully saturated rings. The van der Waals surface area contributed by atoms with E-state index in [1.54, 1.807) is 6.07 Å². The number of rotatable bonds is 2. The molecule has 5 heteroatoms. The number of carbonyl (C=O) groups is 1. The predicted molar refractivity (Wildman–Crippen MR) is 44.0 cm³/mol. The highest BCUT2D eigenvalue weighted by Crippen LogP contribution is 2.26. The van der Waals surface area contributed by atoms with E-state index in [-0.39, 0.29) is 16.8 Å². The van der Waals surface area contributed by atoms with Gasteiger partial charge in [-0.3, -0.25) is 9.78 Å². The molecule has 0 N–H and O–H groups in total. The zero-order chi connectivity index (χ0) is 10.7. The second-order valence-electron chi connectivity index (χ2n) is 2.62. The summed E-state index contributed by atoms with van der Waals surface area (Å²) in [6.07, 6.45) is -1.33. The van der Waals surface area contributed by atoms with Crippen LogP contribution >= 0.6 is 0 Å². The highest BCUT2D eigenvalue weighted by Gasteiger charge is 2.19. The molecule has 1 aromatic heterocycles. The average molecular weight is 196 g/mol. The Labute approximate surface area is 79.0 Å².